The lowest BCUT2D eigenvalue weighted by Gasteiger charge is -2.21. The van der Waals surface area contributed by atoms with Crippen molar-refractivity contribution in [2.24, 2.45) is 7.05 Å². The highest BCUT2D eigenvalue weighted by Gasteiger charge is 2.29. The number of aryl methyl sites for hydroxylation is 1. The first kappa shape index (κ1) is 30.0. The number of aliphatic hydroxyl groups excluding tert-OH is 4. The molecule has 0 spiro atoms. The Morgan fingerprint density at radius 2 is 1.84 bits per heavy atom. The maximum absolute atomic E-state index is 14.1. The topological polar surface area (TPSA) is 223 Å². The molecule has 45 heavy (non-hydrogen) atoms. The molecule has 15 heteroatoms. The smallest absolute Gasteiger partial charge is 0.304 e. The second kappa shape index (κ2) is 11.7. The van der Waals surface area contributed by atoms with Crippen molar-refractivity contribution in [3.8, 4) is 11.8 Å². The summed E-state index contributed by atoms with van der Waals surface area (Å²) >= 11 is 0. The number of nitrogens with zero attached hydrogens (tertiary/aromatic N) is 5. The van der Waals surface area contributed by atoms with Gasteiger partial charge in [0.2, 0.25) is 11.5 Å². The van der Waals surface area contributed by atoms with Crippen LogP contribution in [0.5, 0.6) is 0 Å². The Labute approximate surface area is 254 Å². The molecule has 1 amide bonds. The van der Waals surface area contributed by atoms with E-state index in [1.54, 1.807) is 54.5 Å². The zero-order valence-corrected chi connectivity index (χ0v) is 24.2. The Morgan fingerprint density at radius 3 is 2.53 bits per heavy atom. The van der Waals surface area contributed by atoms with Gasteiger partial charge < -0.3 is 36.8 Å². The van der Waals surface area contributed by atoms with Gasteiger partial charge in [-0.3, -0.25) is 19.1 Å². The molecular weight excluding hydrogens is 584 g/mol. The SMILES string of the molecule is CC(O)=C(O)/C(O)=C(/O)C(=O)n1c(C(C)NC(=O)c2c(N)nn3c2NCC=C3)cc2cccc(C#Cc3ccn(C)n3)c2c1=O. The highest BCUT2D eigenvalue weighted by atomic mass is 16.4. The van der Waals surface area contributed by atoms with Crippen LogP contribution >= 0.6 is 0 Å². The van der Waals surface area contributed by atoms with E-state index in [2.05, 4.69) is 32.7 Å². The molecule has 230 valence electrons. The van der Waals surface area contributed by atoms with E-state index in [0.717, 1.165) is 6.92 Å². The molecule has 8 N–H and O–H groups in total. The summed E-state index contributed by atoms with van der Waals surface area (Å²) in [5, 5.41) is 54.8. The Morgan fingerprint density at radius 1 is 1.09 bits per heavy atom. The van der Waals surface area contributed by atoms with Crippen molar-refractivity contribution < 1.29 is 30.0 Å². The van der Waals surface area contributed by atoms with Crippen molar-refractivity contribution in [1.82, 2.24) is 29.4 Å². The van der Waals surface area contributed by atoms with Crippen LogP contribution in [0.25, 0.3) is 17.0 Å². The Bertz CT molecular complexity index is 2100. The van der Waals surface area contributed by atoms with Gasteiger partial charge in [-0.2, -0.15) is 5.10 Å². The fraction of sp³-hybridized carbons (Fsp3) is 0.167. The van der Waals surface area contributed by atoms with Crippen LogP contribution in [0.1, 0.15) is 52.0 Å². The fourth-order valence-corrected chi connectivity index (χ4v) is 4.72. The van der Waals surface area contributed by atoms with Gasteiger partial charge in [0.25, 0.3) is 11.5 Å². The van der Waals surface area contributed by atoms with Crippen LogP contribution < -0.4 is 21.9 Å². The normalized spacial score (nSPS) is 13.9. The molecule has 0 aliphatic carbocycles. The van der Waals surface area contributed by atoms with Gasteiger partial charge in [0, 0.05) is 31.6 Å². The Balaban J connectivity index is 1.67. The maximum Gasteiger partial charge on any atom is 0.304 e. The number of allylic oxidation sites excluding steroid dienone is 2. The van der Waals surface area contributed by atoms with Gasteiger partial charge in [-0.05, 0) is 49.4 Å². The molecule has 4 heterocycles. The van der Waals surface area contributed by atoms with Crippen molar-refractivity contribution in [2.45, 2.75) is 19.9 Å². The van der Waals surface area contributed by atoms with Crippen LogP contribution in [0.15, 0.2) is 70.4 Å². The van der Waals surface area contributed by atoms with E-state index >= 15 is 0 Å². The van der Waals surface area contributed by atoms with E-state index < -0.39 is 46.5 Å². The number of aromatic nitrogens is 5. The van der Waals surface area contributed by atoms with Gasteiger partial charge in [0.1, 0.15) is 22.8 Å². The van der Waals surface area contributed by atoms with Crippen LogP contribution in [0, 0.1) is 11.8 Å². The number of aliphatic hydroxyl groups is 4. The molecule has 0 fully saturated rings. The number of nitrogens with two attached hydrogens (primary N) is 1. The highest BCUT2D eigenvalue weighted by Crippen LogP contribution is 2.27. The van der Waals surface area contributed by atoms with Crippen molar-refractivity contribution in [3.63, 3.8) is 0 Å². The molecule has 4 aromatic rings. The average molecular weight is 613 g/mol. The number of pyridine rings is 1. The molecule has 1 atom stereocenters. The maximum atomic E-state index is 14.1. The van der Waals surface area contributed by atoms with E-state index in [1.807, 2.05) is 0 Å². The zero-order valence-electron chi connectivity index (χ0n) is 24.2. The monoisotopic (exact) mass is 612 g/mol. The van der Waals surface area contributed by atoms with Gasteiger partial charge in [0.05, 0.1) is 17.1 Å². The fourth-order valence-electron chi connectivity index (χ4n) is 4.72. The van der Waals surface area contributed by atoms with E-state index in [4.69, 9.17) is 5.73 Å². The van der Waals surface area contributed by atoms with E-state index in [1.165, 1.54) is 17.7 Å². The van der Waals surface area contributed by atoms with E-state index in [-0.39, 0.29) is 28.0 Å². The number of carbonyl (C=O) groups is 2. The summed E-state index contributed by atoms with van der Waals surface area (Å²) in [5.74, 6) is -0.888. The Hall–Kier alpha value is -6.43. The predicted molar refractivity (Wildman–Crippen MR) is 165 cm³/mol. The first-order valence-electron chi connectivity index (χ1n) is 13.4. The molecule has 1 aromatic carbocycles. The Kier molecular flexibility index (Phi) is 7.80. The number of rotatable bonds is 5. The lowest BCUT2D eigenvalue weighted by atomic mass is 10.0. The van der Waals surface area contributed by atoms with Crippen LogP contribution in [-0.2, 0) is 7.05 Å². The summed E-state index contributed by atoms with van der Waals surface area (Å²) in [6.45, 7) is 2.92. The molecule has 15 nitrogen and oxygen atoms in total. The summed E-state index contributed by atoms with van der Waals surface area (Å²) in [6, 6.07) is 6.86. The van der Waals surface area contributed by atoms with E-state index in [9.17, 15) is 34.8 Å². The lowest BCUT2D eigenvalue weighted by Crippen LogP contribution is -2.37. The van der Waals surface area contributed by atoms with E-state index in [0.29, 0.717) is 28.0 Å². The van der Waals surface area contributed by atoms with Gasteiger partial charge in [-0.1, -0.05) is 18.1 Å². The number of fused-ring (bicyclic) bond motifs is 2. The number of hydrogen-bond acceptors (Lipinski definition) is 11. The zero-order chi connectivity index (χ0) is 32.6. The van der Waals surface area contributed by atoms with Crippen molar-refractivity contribution >= 4 is 40.4 Å². The summed E-state index contributed by atoms with van der Waals surface area (Å²) in [4.78, 5) is 41.1. The molecule has 1 aliphatic rings. The standard InChI is InChI=1S/C30H28N8O7/c1-15(33-28(43)22-26(31)35-37-12-5-11-32-27(22)37)20-14-18-7-4-6-17(8-9-19-10-13-36(3)34-19)21(18)29(44)38(20)30(45)25(42)24(41)23(40)16(2)39/h4-7,10,12-15,32,39-42H,11H2,1-3H3,(H2,31,35)(H,33,43)/b23-16?,25-24-. The minimum Gasteiger partial charge on any atom is -0.509 e. The third-order valence-corrected chi connectivity index (χ3v) is 6.90. The van der Waals surface area contributed by atoms with Gasteiger partial charge >= 0.3 is 5.91 Å². The van der Waals surface area contributed by atoms with Gasteiger partial charge in [-0.25, -0.2) is 9.25 Å². The van der Waals surface area contributed by atoms with Gasteiger partial charge in [-0.15, -0.1) is 5.10 Å². The van der Waals surface area contributed by atoms with Crippen LogP contribution in [0.2, 0.25) is 0 Å². The molecule has 0 bridgehead atoms. The van der Waals surface area contributed by atoms with Crippen LogP contribution in [-0.4, -0.2) is 62.9 Å². The van der Waals surface area contributed by atoms with Crippen LogP contribution in [0.4, 0.5) is 11.6 Å². The molecule has 1 unspecified atom stereocenters. The number of hydrogen-bond donors (Lipinski definition) is 7. The third-order valence-electron chi connectivity index (χ3n) is 6.90. The number of nitrogens with one attached hydrogen (secondary N) is 2. The van der Waals surface area contributed by atoms with Crippen molar-refractivity contribution in [2.75, 3.05) is 17.6 Å². The van der Waals surface area contributed by atoms with Crippen LogP contribution in [0.3, 0.4) is 0 Å². The summed E-state index contributed by atoms with van der Waals surface area (Å²) in [7, 11) is 1.72. The van der Waals surface area contributed by atoms with Crippen molar-refractivity contribution in [1.29, 1.82) is 0 Å². The first-order valence-corrected chi connectivity index (χ1v) is 13.4. The summed E-state index contributed by atoms with van der Waals surface area (Å²) in [6.07, 6.45) is 5.11. The molecular formula is C30H28N8O7. The van der Waals surface area contributed by atoms with Gasteiger partial charge in [0.15, 0.2) is 11.6 Å². The quantitative estimate of drug-likeness (QED) is 0.0751. The summed E-state index contributed by atoms with van der Waals surface area (Å²) < 4.78 is 3.50. The first-order chi connectivity index (χ1) is 21.4. The third kappa shape index (κ3) is 5.55. The molecule has 1 aliphatic heterocycles. The average Bonchev–Trinajstić information content (AvgIpc) is 3.59. The number of amides is 1. The number of anilines is 2. The predicted octanol–water partition coefficient (Wildman–Crippen LogP) is 2.62. The largest absolute Gasteiger partial charge is 0.509 e. The van der Waals surface area contributed by atoms with Crippen molar-refractivity contribution in [3.05, 3.63) is 98.5 Å². The minimum absolute atomic E-state index is 0.00659. The second-order valence-corrected chi connectivity index (χ2v) is 10.1. The molecule has 0 radical (unpaired) electrons. The molecule has 3 aromatic heterocycles. The highest BCUT2D eigenvalue weighted by molar-refractivity contribution is 6.04. The second-order valence-electron chi connectivity index (χ2n) is 10.1. The number of nitrogen functional groups attached to an aromatic ring is 1. The summed E-state index contributed by atoms with van der Waals surface area (Å²) in [5.41, 5.74) is 5.66. The molecule has 5 rings (SSSR count). The number of benzene rings is 1. The molecule has 0 saturated heterocycles. The lowest BCUT2D eigenvalue weighted by molar-refractivity contribution is 0.0864. The minimum atomic E-state index is -1.45. The number of carbonyl (C=O) groups excluding carboxylic acids is 2. The molecule has 0 saturated carbocycles.